The fourth-order valence-corrected chi connectivity index (χ4v) is 3.09. The highest BCUT2D eigenvalue weighted by molar-refractivity contribution is 5.79. The van der Waals surface area contributed by atoms with Crippen LogP contribution in [0.15, 0.2) is 54.6 Å². The van der Waals surface area contributed by atoms with Gasteiger partial charge in [0.05, 0.1) is 13.0 Å². The van der Waals surface area contributed by atoms with Crippen molar-refractivity contribution in [1.29, 1.82) is 0 Å². The van der Waals surface area contributed by atoms with E-state index in [4.69, 9.17) is 4.74 Å². The van der Waals surface area contributed by atoms with Gasteiger partial charge >= 0.3 is 6.09 Å². The standard InChI is InChI=1S/C21H24N2O3/c1-2-26-21(25)23-14-12-22(13-15-23)20(24)16-17-8-10-19(11-9-17)18-6-4-3-5-7-18/h3-11H,2,12-16H2,1H3. The Morgan fingerprint density at radius 3 is 2.04 bits per heavy atom. The van der Waals surface area contributed by atoms with Gasteiger partial charge in [-0.2, -0.15) is 0 Å². The molecule has 3 rings (SSSR count). The summed E-state index contributed by atoms with van der Waals surface area (Å²) >= 11 is 0. The largest absolute Gasteiger partial charge is 0.450 e. The third kappa shape index (κ3) is 4.42. The second kappa shape index (κ2) is 8.52. The summed E-state index contributed by atoms with van der Waals surface area (Å²) in [5.41, 5.74) is 3.31. The lowest BCUT2D eigenvalue weighted by Gasteiger charge is -2.34. The van der Waals surface area contributed by atoms with Gasteiger partial charge in [-0.05, 0) is 23.6 Å². The molecule has 1 fully saturated rings. The molecule has 0 unspecified atom stereocenters. The fraction of sp³-hybridized carbons (Fsp3) is 0.333. The molecule has 0 spiro atoms. The number of nitrogens with zero attached hydrogens (tertiary/aromatic N) is 2. The van der Waals surface area contributed by atoms with Crippen LogP contribution in [0.5, 0.6) is 0 Å². The number of rotatable bonds is 4. The molecule has 0 radical (unpaired) electrons. The summed E-state index contributed by atoms with van der Waals surface area (Å²) in [4.78, 5) is 27.7. The van der Waals surface area contributed by atoms with Gasteiger partial charge < -0.3 is 14.5 Å². The van der Waals surface area contributed by atoms with Crippen molar-refractivity contribution in [2.75, 3.05) is 32.8 Å². The molecule has 2 amide bonds. The Morgan fingerprint density at radius 1 is 0.846 bits per heavy atom. The molecule has 5 nitrogen and oxygen atoms in total. The molecule has 2 aromatic carbocycles. The predicted molar refractivity (Wildman–Crippen MR) is 101 cm³/mol. The number of hydrogen-bond acceptors (Lipinski definition) is 3. The van der Waals surface area contributed by atoms with Gasteiger partial charge in [0.15, 0.2) is 0 Å². The van der Waals surface area contributed by atoms with E-state index in [-0.39, 0.29) is 12.0 Å². The molecule has 2 aromatic rings. The van der Waals surface area contributed by atoms with E-state index in [2.05, 4.69) is 24.3 Å². The van der Waals surface area contributed by atoms with Crippen LogP contribution < -0.4 is 0 Å². The van der Waals surface area contributed by atoms with E-state index in [1.54, 1.807) is 11.8 Å². The van der Waals surface area contributed by atoms with E-state index in [1.165, 1.54) is 5.56 Å². The molecule has 1 heterocycles. The number of ether oxygens (including phenoxy) is 1. The van der Waals surface area contributed by atoms with Crippen molar-refractivity contribution in [2.24, 2.45) is 0 Å². The van der Waals surface area contributed by atoms with Crippen LogP contribution in [0, 0.1) is 0 Å². The van der Waals surface area contributed by atoms with Crippen molar-refractivity contribution in [3.63, 3.8) is 0 Å². The van der Waals surface area contributed by atoms with Gasteiger partial charge in [0.25, 0.3) is 0 Å². The first-order chi connectivity index (χ1) is 12.7. The predicted octanol–water partition coefficient (Wildman–Crippen LogP) is 3.20. The lowest BCUT2D eigenvalue weighted by molar-refractivity contribution is -0.132. The SMILES string of the molecule is CCOC(=O)N1CCN(C(=O)Cc2ccc(-c3ccccc3)cc2)CC1. The zero-order valence-electron chi connectivity index (χ0n) is 15.1. The van der Waals surface area contributed by atoms with E-state index in [0.717, 1.165) is 11.1 Å². The third-order valence-corrected chi connectivity index (χ3v) is 4.57. The van der Waals surface area contributed by atoms with Gasteiger partial charge in [0.2, 0.25) is 5.91 Å². The summed E-state index contributed by atoms with van der Waals surface area (Å²) in [5, 5.41) is 0. The Kier molecular flexibility index (Phi) is 5.89. The first kappa shape index (κ1) is 18.0. The molecular formula is C21H24N2O3. The Balaban J connectivity index is 1.53. The van der Waals surface area contributed by atoms with Gasteiger partial charge in [-0.3, -0.25) is 4.79 Å². The first-order valence-electron chi connectivity index (χ1n) is 9.01. The van der Waals surface area contributed by atoms with E-state index >= 15 is 0 Å². The zero-order valence-corrected chi connectivity index (χ0v) is 15.1. The molecular weight excluding hydrogens is 328 g/mol. The fourth-order valence-electron chi connectivity index (χ4n) is 3.09. The summed E-state index contributed by atoms with van der Waals surface area (Å²) in [5.74, 6) is 0.0981. The van der Waals surface area contributed by atoms with Gasteiger partial charge in [0, 0.05) is 26.2 Å². The van der Waals surface area contributed by atoms with Crippen LogP contribution in [0.4, 0.5) is 4.79 Å². The highest BCUT2D eigenvalue weighted by Gasteiger charge is 2.24. The second-order valence-electron chi connectivity index (χ2n) is 6.31. The second-order valence-corrected chi connectivity index (χ2v) is 6.31. The maximum atomic E-state index is 12.5. The van der Waals surface area contributed by atoms with Crippen LogP contribution in [0.3, 0.4) is 0 Å². The summed E-state index contributed by atoms with van der Waals surface area (Å²) in [6.07, 6.45) is 0.0881. The topological polar surface area (TPSA) is 49.9 Å². The van der Waals surface area contributed by atoms with Crippen molar-refractivity contribution >= 4 is 12.0 Å². The number of amides is 2. The smallest absolute Gasteiger partial charge is 0.409 e. The summed E-state index contributed by atoms with van der Waals surface area (Å²) < 4.78 is 5.00. The van der Waals surface area contributed by atoms with E-state index < -0.39 is 0 Å². The van der Waals surface area contributed by atoms with Crippen LogP contribution >= 0.6 is 0 Å². The Labute approximate surface area is 154 Å². The van der Waals surface area contributed by atoms with Crippen LogP contribution in [0.1, 0.15) is 12.5 Å². The lowest BCUT2D eigenvalue weighted by Crippen LogP contribution is -2.51. The van der Waals surface area contributed by atoms with E-state index in [1.807, 2.05) is 35.2 Å². The molecule has 1 aliphatic rings. The molecule has 1 aliphatic heterocycles. The van der Waals surface area contributed by atoms with Gasteiger partial charge in [0.1, 0.15) is 0 Å². The quantitative estimate of drug-likeness (QED) is 0.849. The number of benzene rings is 2. The maximum Gasteiger partial charge on any atom is 0.409 e. The molecule has 26 heavy (non-hydrogen) atoms. The maximum absolute atomic E-state index is 12.5. The average Bonchev–Trinajstić information content (AvgIpc) is 2.69. The number of carbonyl (C=O) groups is 2. The van der Waals surface area contributed by atoms with Crippen LogP contribution in [0.25, 0.3) is 11.1 Å². The molecule has 0 bridgehead atoms. The molecule has 5 heteroatoms. The summed E-state index contributed by atoms with van der Waals surface area (Å²) in [6.45, 7) is 4.33. The monoisotopic (exact) mass is 352 g/mol. The molecule has 136 valence electrons. The minimum Gasteiger partial charge on any atom is -0.450 e. The van der Waals surface area contributed by atoms with E-state index in [0.29, 0.717) is 39.2 Å². The van der Waals surface area contributed by atoms with Crippen molar-refractivity contribution in [1.82, 2.24) is 9.80 Å². The van der Waals surface area contributed by atoms with Crippen LogP contribution in [-0.2, 0) is 16.0 Å². The van der Waals surface area contributed by atoms with Crippen LogP contribution in [0.2, 0.25) is 0 Å². The van der Waals surface area contributed by atoms with Crippen LogP contribution in [-0.4, -0.2) is 54.6 Å². The molecule has 0 N–H and O–H groups in total. The average molecular weight is 352 g/mol. The minimum atomic E-state index is -0.295. The van der Waals surface area contributed by atoms with Crippen molar-refractivity contribution in [3.05, 3.63) is 60.2 Å². The van der Waals surface area contributed by atoms with Gasteiger partial charge in [-0.1, -0.05) is 54.6 Å². The molecule has 0 aromatic heterocycles. The number of hydrogen-bond donors (Lipinski definition) is 0. The molecule has 0 atom stereocenters. The minimum absolute atomic E-state index is 0.0981. The normalized spacial score (nSPS) is 14.2. The Morgan fingerprint density at radius 2 is 1.42 bits per heavy atom. The van der Waals surface area contributed by atoms with Crippen molar-refractivity contribution in [3.8, 4) is 11.1 Å². The summed E-state index contributed by atoms with van der Waals surface area (Å²) in [7, 11) is 0. The first-order valence-corrected chi connectivity index (χ1v) is 9.01. The van der Waals surface area contributed by atoms with Crippen molar-refractivity contribution in [2.45, 2.75) is 13.3 Å². The molecule has 0 saturated carbocycles. The molecule has 1 saturated heterocycles. The Bertz CT molecular complexity index is 736. The third-order valence-electron chi connectivity index (χ3n) is 4.57. The van der Waals surface area contributed by atoms with Crippen molar-refractivity contribution < 1.29 is 14.3 Å². The Hall–Kier alpha value is -2.82. The van der Waals surface area contributed by atoms with E-state index in [9.17, 15) is 9.59 Å². The van der Waals surface area contributed by atoms with Gasteiger partial charge in [-0.25, -0.2) is 4.79 Å². The number of carbonyl (C=O) groups excluding carboxylic acids is 2. The highest BCUT2D eigenvalue weighted by Crippen LogP contribution is 2.19. The number of piperazine rings is 1. The lowest BCUT2D eigenvalue weighted by atomic mass is 10.0. The zero-order chi connectivity index (χ0) is 18.4. The highest BCUT2D eigenvalue weighted by atomic mass is 16.6. The molecule has 0 aliphatic carbocycles. The summed E-state index contributed by atoms with van der Waals surface area (Å²) in [6, 6.07) is 18.3. The van der Waals surface area contributed by atoms with Gasteiger partial charge in [-0.15, -0.1) is 0 Å².